The normalized spacial score (nSPS) is 11.3. The fourth-order valence-electron chi connectivity index (χ4n) is 2.32. The van der Waals surface area contributed by atoms with Crippen LogP contribution in [0.3, 0.4) is 0 Å². The predicted molar refractivity (Wildman–Crippen MR) is 99.6 cm³/mol. The van der Waals surface area contributed by atoms with Gasteiger partial charge in [0, 0.05) is 11.9 Å². The van der Waals surface area contributed by atoms with Gasteiger partial charge in [-0.05, 0) is 23.3 Å². The van der Waals surface area contributed by atoms with Crippen LogP contribution in [0.5, 0.6) is 0 Å². The summed E-state index contributed by atoms with van der Waals surface area (Å²) in [6.07, 6.45) is 0. The zero-order chi connectivity index (χ0) is 18.9. The maximum Gasteiger partial charge on any atom is 0.240 e. The van der Waals surface area contributed by atoms with Crippen molar-refractivity contribution in [3.05, 3.63) is 70.7 Å². The first-order valence-corrected chi connectivity index (χ1v) is 8.44. The van der Waals surface area contributed by atoms with Gasteiger partial charge in [-0.15, -0.1) is 0 Å². The molecule has 136 valence electrons. The molecule has 0 aliphatic rings. The van der Waals surface area contributed by atoms with Crippen LogP contribution in [0.15, 0.2) is 54.6 Å². The number of halogens is 1. The van der Waals surface area contributed by atoms with E-state index in [1.165, 1.54) is 6.92 Å². The molecule has 1 atom stereocenters. The highest BCUT2D eigenvalue weighted by molar-refractivity contribution is 6.30. The van der Waals surface area contributed by atoms with Crippen LogP contribution in [0.2, 0.25) is 5.02 Å². The molecule has 3 N–H and O–H groups in total. The van der Waals surface area contributed by atoms with Crippen LogP contribution in [-0.2, 0) is 14.4 Å². The Kier molecular flexibility index (Phi) is 7.17. The van der Waals surface area contributed by atoms with E-state index in [0.717, 1.165) is 11.1 Å². The summed E-state index contributed by atoms with van der Waals surface area (Å²) in [5, 5.41) is 8.35. The maximum atomic E-state index is 12.3. The zero-order valence-electron chi connectivity index (χ0n) is 14.3. The lowest BCUT2D eigenvalue weighted by Gasteiger charge is -2.20. The monoisotopic (exact) mass is 373 g/mol. The van der Waals surface area contributed by atoms with E-state index in [1.807, 2.05) is 42.5 Å². The first-order valence-electron chi connectivity index (χ1n) is 8.06. The summed E-state index contributed by atoms with van der Waals surface area (Å²) in [6.45, 7) is 0.966. The van der Waals surface area contributed by atoms with Gasteiger partial charge < -0.3 is 16.0 Å². The smallest absolute Gasteiger partial charge is 0.240 e. The van der Waals surface area contributed by atoms with E-state index in [1.54, 1.807) is 12.1 Å². The van der Waals surface area contributed by atoms with Crippen molar-refractivity contribution in [1.29, 1.82) is 0 Å². The zero-order valence-corrected chi connectivity index (χ0v) is 15.0. The molecular formula is C19H20ClN3O3. The Morgan fingerprint density at radius 1 is 0.846 bits per heavy atom. The summed E-state index contributed by atoms with van der Waals surface area (Å²) in [6, 6.07) is 16.3. The quantitative estimate of drug-likeness (QED) is 0.691. The molecule has 0 aliphatic carbocycles. The molecule has 0 bridgehead atoms. The number of amides is 3. The minimum absolute atomic E-state index is 0.165. The summed E-state index contributed by atoms with van der Waals surface area (Å²) >= 11 is 5.94. The van der Waals surface area contributed by atoms with E-state index >= 15 is 0 Å². The van der Waals surface area contributed by atoms with Crippen molar-refractivity contribution in [3.8, 4) is 0 Å². The van der Waals surface area contributed by atoms with E-state index < -0.39 is 5.91 Å². The number of carbonyl (C=O) groups excluding carboxylic acids is 3. The highest BCUT2D eigenvalue weighted by Gasteiger charge is 2.17. The fourth-order valence-corrected chi connectivity index (χ4v) is 2.44. The van der Waals surface area contributed by atoms with E-state index in [4.69, 9.17) is 11.6 Å². The molecule has 7 heteroatoms. The third-order valence-electron chi connectivity index (χ3n) is 3.59. The van der Waals surface area contributed by atoms with E-state index in [-0.39, 0.29) is 30.9 Å². The van der Waals surface area contributed by atoms with Crippen molar-refractivity contribution in [1.82, 2.24) is 16.0 Å². The summed E-state index contributed by atoms with van der Waals surface area (Å²) in [5.74, 6) is -1.08. The first-order chi connectivity index (χ1) is 12.5. The molecule has 6 nitrogen and oxygen atoms in total. The van der Waals surface area contributed by atoms with Gasteiger partial charge in [0.2, 0.25) is 17.7 Å². The van der Waals surface area contributed by atoms with Crippen molar-refractivity contribution >= 4 is 29.3 Å². The minimum atomic E-state index is -0.432. The lowest BCUT2D eigenvalue weighted by Crippen LogP contribution is -2.42. The molecule has 3 amide bonds. The molecule has 0 radical (unpaired) electrons. The van der Waals surface area contributed by atoms with Gasteiger partial charge in [-0.3, -0.25) is 14.4 Å². The molecule has 0 saturated carbocycles. The van der Waals surface area contributed by atoms with E-state index in [9.17, 15) is 14.4 Å². The van der Waals surface area contributed by atoms with Crippen molar-refractivity contribution in [2.45, 2.75) is 13.0 Å². The molecular weight excluding hydrogens is 354 g/mol. The molecule has 0 aliphatic heterocycles. The Morgan fingerprint density at radius 3 is 2.04 bits per heavy atom. The molecule has 2 aromatic rings. The summed E-state index contributed by atoms with van der Waals surface area (Å²) < 4.78 is 0. The van der Waals surface area contributed by atoms with E-state index in [0.29, 0.717) is 5.02 Å². The second kappa shape index (κ2) is 9.58. The third-order valence-corrected chi connectivity index (χ3v) is 3.84. The summed E-state index contributed by atoms with van der Waals surface area (Å²) in [4.78, 5) is 34.7. The largest absolute Gasteiger partial charge is 0.347 e. The van der Waals surface area contributed by atoms with Crippen molar-refractivity contribution in [2.75, 3.05) is 13.1 Å². The number of nitrogens with one attached hydrogen (secondary N) is 3. The molecule has 0 fully saturated rings. The highest BCUT2D eigenvalue weighted by Crippen LogP contribution is 2.23. The second-order valence-electron chi connectivity index (χ2n) is 5.65. The Labute approximate surface area is 156 Å². The molecule has 1 unspecified atom stereocenters. The highest BCUT2D eigenvalue weighted by atomic mass is 35.5. The number of rotatable bonds is 7. The van der Waals surface area contributed by atoms with E-state index in [2.05, 4.69) is 16.0 Å². The van der Waals surface area contributed by atoms with Crippen molar-refractivity contribution in [2.24, 2.45) is 0 Å². The van der Waals surface area contributed by atoms with Gasteiger partial charge >= 0.3 is 0 Å². The Bertz CT molecular complexity index is 763. The van der Waals surface area contributed by atoms with Gasteiger partial charge in [-0.2, -0.15) is 0 Å². The third kappa shape index (κ3) is 6.22. The molecule has 0 saturated heterocycles. The summed E-state index contributed by atoms with van der Waals surface area (Å²) in [7, 11) is 0. The first kappa shape index (κ1) is 19.5. The van der Waals surface area contributed by atoms with Gasteiger partial charge in [0.25, 0.3) is 0 Å². The van der Waals surface area contributed by atoms with Crippen LogP contribution < -0.4 is 16.0 Å². The molecule has 0 heterocycles. The van der Waals surface area contributed by atoms with Gasteiger partial charge in [0.1, 0.15) is 0 Å². The SMILES string of the molecule is CC(=O)NCC(=O)NCC(=O)NC(c1ccccc1)c1ccc(Cl)cc1. The predicted octanol–water partition coefficient (Wildman–Crippen LogP) is 1.80. The van der Waals surface area contributed by atoms with Gasteiger partial charge in [0.05, 0.1) is 19.1 Å². The minimum Gasteiger partial charge on any atom is -0.347 e. The lowest BCUT2D eigenvalue weighted by molar-refractivity contribution is -0.127. The average Bonchev–Trinajstić information content (AvgIpc) is 2.64. The summed E-state index contributed by atoms with van der Waals surface area (Å²) in [5.41, 5.74) is 1.78. The molecule has 2 rings (SSSR count). The van der Waals surface area contributed by atoms with Gasteiger partial charge in [-0.1, -0.05) is 54.1 Å². The number of benzene rings is 2. The molecule has 0 aromatic heterocycles. The van der Waals surface area contributed by atoms with Crippen molar-refractivity contribution < 1.29 is 14.4 Å². The second-order valence-corrected chi connectivity index (χ2v) is 6.09. The van der Waals surface area contributed by atoms with Crippen LogP contribution in [0.25, 0.3) is 0 Å². The molecule has 26 heavy (non-hydrogen) atoms. The Morgan fingerprint density at radius 2 is 1.42 bits per heavy atom. The Balaban J connectivity index is 2.02. The number of carbonyl (C=O) groups is 3. The van der Waals surface area contributed by atoms with Crippen LogP contribution >= 0.6 is 11.6 Å². The number of hydrogen-bond donors (Lipinski definition) is 3. The van der Waals surface area contributed by atoms with Crippen LogP contribution in [-0.4, -0.2) is 30.8 Å². The molecule has 2 aromatic carbocycles. The molecule has 0 spiro atoms. The Hall–Kier alpha value is -2.86. The maximum absolute atomic E-state index is 12.3. The average molecular weight is 374 g/mol. The van der Waals surface area contributed by atoms with Crippen LogP contribution in [0, 0.1) is 0 Å². The van der Waals surface area contributed by atoms with Crippen molar-refractivity contribution in [3.63, 3.8) is 0 Å². The standard InChI is InChI=1S/C19H20ClN3O3/c1-13(24)21-11-17(25)22-12-18(26)23-19(14-5-3-2-4-6-14)15-7-9-16(20)10-8-15/h2-10,19H,11-12H2,1H3,(H,21,24)(H,22,25)(H,23,26). The van der Waals surface area contributed by atoms with Crippen LogP contribution in [0.1, 0.15) is 24.1 Å². The lowest BCUT2D eigenvalue weighted by atomic mass is 9.98. The van der Waals surface area contributed by atoms with Gasteiger partial charge in [-0.25, -0.2) is 0 Å². The fraction of sp³-hybridized carbons (Fsp3) is 0.211. The van der Waals surface area contributed by atoms with Crippen LogP contribution in [0.4, 0.5) is 0 Å². The van der Waals surface area contributed by atoms with Gasteiger partial charge in [0.15, 0.2) is 0 Å². The number of hydrogen-bond acceptors (Lipinski definition) is 3. The topological polar surface area (TPSA) is 87.3 Å².